The topological polar surface area (TPSA) is 84.5 Å². The van der Waals surface area contributed by atoms with Gasteiger partial charge in [0.05, 0.1) is 12.0 Å². The van der Waals surface area contributed by atoms with E-state index >= 15 is 0 Å². The second-order valence-corrected chi connectivity index (χ2v) is 8.71. The first-order chi connectivity index (χ1) is 17.6. The van der Waals surface area contributed by atoms with Crippen molar-refractivity contribution in [2.75, 3.05) is 5.32 Å². The molecule has 36 heavy (non-hydrogen) atoms. The molecule has 0 atom stereocenters. The number of anilines is 1. The van der Waals surface area contributed by atoms with E-state index in [1.165, 1.54) is 6.08 Å². The molecule has 178 valence electrons. The van der Waals surface area contributed by atoms with Gasteiger partial charge in [0.15, 0.2) is 5.65 Å². The standard InChI is InChI=1S/C27H23BClN5O2/c28-22-17-32-34-25(14-24(33-27(22)34)21-5-1-2-6-23(21)29)30-15-18-7-9-19(10-8-18)16-31-26(35)12-11-20-4-3-13-36-20/h1-14,17,30H,15-16,28H2,(H,31,35)/b12-11+. The average molecular weight is 496 g/mol. The molecule has 3 aromatic heterocycles. The van der Waals surface area contributed by atoms with Crippen LogP contribution < -0.4 is 16.1 Å². The van der Waals surface area contributed by atoms with E-state index in [1.54, 1.807) is 35.2 Å². The number of carbonyl (C=O) groups is 1. The van der Waals surface area contributed by atoms with Gasteiger partial charge in [0, 0.05) is 42.0 Å². The molecule has 3 heterocycles. The van der Waals surface area contributed by atoms with Crippen molar-refractivity contribution in [2.24, 2.45) is 0 Å². The van der Waals surface area contributed by atoms with Crippen LogP contribution in [-0.2, 0) is 17.9 Å². The minimum absolute atomic E-state index is 0.178. The number of rotatable bonds is 8. The van der Waals surface area contributed by atoms with Crippen molar-refractivity contribution < 1.29 is 9.21 Å². The Morgan fingerprint density at radius 2 is 1.83 bits per heavy atom. The molecule has 0 aliphatic carbocycles. The first kappa shape index (κ1) is 23.4. The van der Waals surface area contributed by atoms with Gasteiger partial charge in [0.25, 0.3) is 0 Å². The molecule has 0 unspecified atom stereocenters. The average Bonchev–Trinajstić information content (AvgIpc) is 3.56. The van der Waals surface area contributed by atoms with E-state index in [2.05, 4.69) is 15.7 Å². The zero-order valence-electron chi connectivity index (χ0n) is 19.6. The van der Waals surface area contributed by atoms with Crippen molar-refractivity contribution in [2.45, 2.75) is 13.1 Å². The van der Waals surface area contributed by atoms with Gasteiger partial charge in [-0.3, -0.25) is 4.79 Å². The Kier molecular flexibility index (Phi) is 6.86. The lowest BCUT2D eigenvalue weighted by atomic mass is 10.0. The number of aromatic nitrogens is 3. The van der Waals surface area contributed by atoms with Crippen LogP contribution in [0.15, 0.2) is 89.7 Å². The molecule has 9 heteroatoms. The number of furan rings is 1. The van der Waals surface area contributed by atoms with Gasteiger partial charge in [-0.2, -0.15) is 9.61 Å². The molecule has 0 bridgehead atoms. The molecule has 5 rings (SSSR count). The third kappa shape index (κ3) is 5.34. The minimum atomic E-state index is -0.178. The summed E-state index contributed by atoms with van der Waals surface area (Å²) in [5.74, 6) is 1.28. The lowest BCUT2D eigenvalue weighted by Gasteiger charge is -2.12. The van der Waals surface area contributed by atoms with E-state index in [0.717, 1.165) is 39.3 Å². The Morgan fingerprint density at radius 1 is 1.06 bits per heavy atom. The molecule has 0 saturated heterocycles. The van der Waals surface area contributed by atoms with Gasteiger partial charge in [0.1, 0.15) is 19.4 Å². The van der Waals surface area contributed by atoms with Crippen LogP contribution in [0, 0.1) is 0 Å². The van der Waals surface area contributed by atoms with Crippen molar-refractivity contribution in [3.05, 3.63) is 107 Å². The van der Waals surface area contributed by atoms with Crippen LogP contribution in [0.1, 0.15) is 16.9 Å². The SMILES string of the molecule is Bc1cnn2c(NCc3ccc(CNC(=O)/C=C/c4ccco4)cc3)cc(-c3ccccc3Cl)nc12. The fraction of sp³-hybridized carbons (Fsp3) is 0.0741. The van der Waals surface area contributed by atoms with Gasteiger partial charge < -0.3 is 15.1 Å². The lowest BCUT2D eigenvalue weighted by Crippen LogP contribution is -2.20. The van der Waals surface area contributed by atoms with E-state index in [4.69, 9.17) is 21.0 Å². The summed E-state index contributed by atoms with van der Waals surface area (Å²) in [4.78, 5) is 16.8. The second kappa shape index (κ2) is 10.5. The predicted molar refractivity (Wildman–Crippen MR) is 145 cm³/mol. The van der Waals surface area contributed by atoms with Gasteiger partial charge >= 0.3 is 0 Å². The van der Waals surface area contributed by atoms with E-state index in [-0.39, 0.29) is 5.91 Å². The minimum Gasteiger partial charge on any atom is -0.465 e. The number of benzene rings is 2. The molecule has 2 N–H and O–H groups in total. The maximum Gasteiger partial charge on any atom is 0.244 e. The number of amides is 1. The van der Waals surface area contributed by atoms with E-state index < -0.39 is 0 Å². The van der Waals surface area contributed by atoms with E-state index in [9.17, 15) is 4.79 Å². The molecule has 0 aliphatic rings. The first-order valence-corrected chi connectivity index (χ1v) is 11.9. The zero-order valence-corrected chi connectivity index (χ0v) is 20.4. The van der Waals surface area contributed by atoms with Crippen molar-refractivity contribution in [1.82, 2.24) is 19.9 Å². The van der Waals surface area contributed by atoms with Crippen LogP contribution in [0.4, 0.5) is 5.82 Å². The first-order valence-electron chi connectivity index (χ1n) is 11.5. The molecular formula is C27H23BClN5O2. The Labute approximate surface area is 214 Å². The summed E-state index contributed by atoms with van der Waals surface area (Å²) in [6, 6.07) is 21.3. The van der Waals surface area contributed by atoms with Crippen LogP contribution in [0.2, 0.25) is 5.02 Å². The predicted octanol–water partition coefficient (Wildman–Crippen LogP) is 3.84. The highest BCUT2D eigenvalue weighted by atomic mass is 35.5. The highest BCUT2D eigenvalue weighted by Crippen LogP contribution is 2.28. The lowest BCUT2D eigenvalue weighted by molar-refractivity contribution is -0.116. The molecule has 0 radical (unpaired) electrons. The number of hydrogen-bond donors (Lipinski definition) is 2. The smallest absolute Gasteiger partial charge is 0.244 e. The van der Waals surface area contributed by atoms with Crippen LogP contribution in [0.3, 0.4) is 0 Å². The van der Waals surface area contributed by atoms with Gasteiger partial charge in [-0.05, 0) is 40.9 Å². The third-order valence-electron chi connectivity index (χ3n) is 5.70. The highest BCUT2D eigenvalue weighted by molar-refractivity contribution is 6.36. The molecule has 5 aromatic rings. The molecule has 0 aliphatic heterocycles. The zero-order chi connectivity index (χ0) is 24.9. The number of hydrogen-bond acceptors (Lipinski definition) is 5. The van der Waals surface area contributed by atoms with Crippen LogP contribution >= 0.6 is 11.6 Å². The molecule has 1 amide bonds. The fourth-order valence-electron chi connectivity index (χ4n) is 3.77. The summed E-state index contributed by atoms with van der Waals surface area (Å²) in [6.45, 7) is 1.03. The summed E-state index contributed by atoms with van der Waals surface area (Å²) < 4.78 is 6.99. The number of halogens is 1. The summed E-state index contributed by atoms with van der Waals surface area (Å²) >= 11 is 6.43. The molecule has 0 spiro atoms. The highest BCUT2D eigenvalue weighted by Gasteiger charge is 2.12. The second-order valence-electron chi connectivity index (χ2n) is 8.31. The van der Waals surface area contributed by atoms with E-state index in [0.29, 0.717) is 23.9 Å². The van der Waals surface area contributed by atoms with Gasteiger partial charge in [-0.1, -0.05) is 54.1 Å². The number of nitrogens with zero attached hydrogens (tertiary/aromatic N) is 3. The molecule has 7 nitrogen and oxygen atoms in total. The van der Waals surface area contributed by atoms with Gasteiger partial charge in [-0.15, -0.1) is 0 Å². The number of fused-ring (bicyclic) bond motifs is 1. The largest absolute Gasteiger partial charge is 0.465 e. The van der Waals surface area contributed by atoms with Gasteiger partial charge in [-0.25, -0.2) is 4.98 Å². The van der Waals surface area contributed by atoms with Crippen molar-refractivity contribution in [3.8, 4) is 11.3 Å². The summed E-state index contributed by atoms with van der Waals surface area (Å²) in [5.41, 5.74) is 5.52. The normalized spacial score (nSPS) is 11.2. The van der Waals surface area contributed by atoms with Gasteiger partial charge in [0.2, 0.25) is 5.91 Å². The summed E-state index contributed by atoms with van der Waals surface area (Å²) in [5, 5.41) is 11.5. The van der Waals surface area contributed by atoms with Crippen molar-refractivity contribution in [3.63, 3.8) is 0 Å². The Balaban J connectivity index is 1.25. The van der Waals surface area contributed by atoms with Crippen molar-refractivity contribution in [1.29, 1.82) is 0 Å². The maximum atomic E-state index is 12.0. The Hall–Kier alpha value is -4.30. The Bertz CT molecular complexity index is 1530. The molecule has 2 aromatic carbocycles. The van der Waals surface area contributed by atoms with Crippen molar-refractivity contribution >= 4 is 48.4 Å². The maximum absolute atomic E-state index is 12.0. The Morgan fingerprint density at radius 3 is 2.58 bits per heavy atom. The quantitative estimate of drug-likeness (QED) is 0.252. The monoisotopic (exact) mass is 495 g/mol. The number of carbonyl (C=O) groups excluding carboxylic acids is 1. The molecular weight excluding hydrogens is 473 g/mol. The van der Waals surface area contributed by atoms with Crippen LogP contribution in [-0.4, -0.2) is 28.4 Å². The van der Waals surface area contributed by atoms with Crippen LogP contribution in [0.25, 0.3) is 23.0 Å². The summed E-state index contributed by atoms with van der Waals surface area (Å²) in [7, 11) is 1.99. The number of nitrogens with one attached hydrogen (secondary N) is 2. The fourth-order valence-corrected chi connectivity index (χ4v) is 4.00. The van der Waals surface area contributed by atoms with E-state index in [1.807, 2.05) is 62.4 Å². The summed E-state index contributed by atoms with van der Waals surface area (Å²) in [6.07, 6.45) is 6.47. The molecule has 0 saturated carbocycles. The van der Waals surface area contributed by atoms with Crippen LogP contribution in [0.5, 0.6) is 0 Å². The molecule has 0 fully saturated rings. The third-order valence-corrected chi connectivity index (χ3v) is 6.03.